The Balaban J connectivity index is 1.67. The zero-order valence-corrected chi connectivity index (χ0v) is 21.4. The van der Waals surface area contributed by atoms with Crippen LogP contribution in [-0.2, 0) is 10.2 Å². The Labute approximate surface area is 207 Å². The standard InChI is InChI=1S/C29H38O6/c1-25-6-7-26(2,24(34)35)14-21(25)29(5)11-9-27(3)17-12-19(32)23(33)16(15-30)22(17)18(31)13-20(27)28(29,4)10-8-25/h12-13,15,18,21,31-33H,6-11,14H2,1-5H3,(H,34,35)/t18?,21-,25-,26-,27+,28-,29+/m1/s1. The molecule has 0 saturated heterocycles. The number of carboxylic acid groups (broad SMARTS) is 1. The molecular formula is C29H38O6. The molecule has 1 aromatic carbocycles. The van der Waals surface area contributed by atoms with E-state index in [1.165, 1.54) is 6.07 Å². The summed E-state index contributed by atoms with van der Waals surface area (Å²) in [6.07, 6.45) is 7.14. The molecule has 190 valence electrons. The Bertz CT molecular complexity index is 1170. The SMILES string of the molecule is C[C@@]1(C(=O)O)CC[C@]2(C)CC[C@]3(C)C4=CC(O)c5c(cc(O)c(O)c5C=O)[C@]4(C)CC[C@@]3(C)[C@@H]2C1. The van der Waals surface area contributed by atoms with Crippen LogP contribution in [0.4, 0.5) is 0 Å². The first-order valence-electron chi connectivity index (χ1n) is 12.9. The number of benzene rings is 1. The van der Waals surface area contributed by atoms with E-state index < -0.39 is 28.7 Å². The second-order valence-corrected chi connectivity index (χ2v) is 13.1. The van der Waals surface area contributed by atoms with E-state index in [1.807, 2.05) is 13.0 Å². The van der Waals surface area contributed by atoms with Crippen molar-refractivity contribution in [3.05, 3.63) is 34.4 Å². The molecule has 6 heteroatoms. The maximum Gasteiger partial charge on any atom is 0.309 e. The van der Waals surface area contributed by atoms with Gasteiger partial charge in [-0.15, -0.1) is 0 Å². The van der Waals surface area contributed by atoms with Gasteiger partial charge in [0.2, 0.25) is 0 Å². The van der Waals surface area contributed by atoms with Gasteiger partial charge >= 0.3 is 5.97 Å². The monoisotopic (exact) mass is 482 g/mol. The number of fused-ring (bicyclic) bond motifs is 7. The molecule has 0 bridgehead atoms. The number of allylic oxidation sites excluding steroid dienone is 1. The number of aliphatic hydroxyl groups is 1. The molecule has 1 unspecified atom stereocenters. The van der Waals surface area contributed by atoms with Gasteiger partial charge in [-0.1, -0.05) is 39.3 Å². The van der Waals surface area contributed by atoms with Crippen molar-refractivity contribution in [1.82, 2.24) is 0 Å². The third kappa shape index (κ3) is 2.86. The lowest BCUT2D eigenvalue weighted by molar-refractivity contribution is -0.177. The van der Waals surface area contributed by atoms with Crippen LogP contribution in [0.25, 0.3) is 0 Å². The summed E-state index contributed by atoms with van der Waals surface area (Å²) >= 11 is 0. The quantitative estimate of drug-likeness (QED) is 0.246. The molecule has 0 spiro atoms. The van der Waals surface area contributed by atoms with E-state index in [0.717, 1.165) is 37.7 Å². The van der Waals surface area contributed by atoms with E-state index in [2.05, 4.69) is 27.7 Å². The van der Waals surface area contributed by atoms with Crippen LogP contribution < -0.4 is 0 Å². The largest absolute Gasteiger partial charge is 0.504 e. The van der Waals surface area contributed by atoms with Crippen molar-refractivity contribution < 1.29 is 30.0 Å². The second-order valence-electron chi connectivity index (χ2n) is 13.1. The number of aliphatic carboxylic acids is 1. The van der Waals surface area contributed by atoms with Crippen LogP contribution in [-0.4, -0.2) is 32.7 Å². The molecule has 7 atom stereocenters. The van der Waals surface area contributed by atoms with E-state index >= 15 is 0 Å². The van der Waals surface area contributed by atoms with Gasteiger partial charge in [0.25, 0.3) is 0 Å². The van der Waals surface area contributed by atoms with Crippen LogP contribution in [0.2, 0.25) is 0 Å². The van der Waals surface area contributed by atoms with Gasteiger partial charge in [0.15, 0.2) is 17.8 Å². The number of carboxylic acids is 1. The number of hydrogen-bond donors (Lipinski definition) is 4. The molecule has 0 aromatic heterocycles. The Kier molecular flexibility index (Phi) is 4.95. The molecule has 0 aliphatic heterocycles. The van der Waals surface area contributed by atoms with Crippen molar-refractivity contribution in [2.24, 2.45) is 27.6 Å². The van der Waals surface area contributed by atoms with Crippen molar-refractivity contribution in [3.8, 4) is 11.5 Å². The molecule has 0 heterocycles. The molecule has 3 saturated carbocycles. The minimum Gasteiger partial charge on any atom is -0.504 e. The fourth-order valence-electron chi connectivity index (χ4n) is 8.85. The number of aliphatic hydroxyl groups excluding tert-OH is 1. The Morgan fingerprint density at radius 1 is 1.00 bits per heavy atom. The predicted molar refractivity (Wildman–Crippen MR) is 131 cm³/mol. The zero-order chi connectivity index (χ0) is 25.8. The van der Waals surface area contributed by atoms with Gasteiger partial charge in [0, 0.05) is 11.0 Å². The third-order valence-electron chi connectivity index (χ3n) is 11.5. The van der Waals surface area contributed by atoms with Gasteiger partial charge in [-0.3, -0.25) is 9.59 Å². The highest BCUT2D eigenvalue weighted by molar-refractivity contribution is 5.85. The lowest BCUT2D eigenvalue weighted by Crippen LogP contribution is -2.62. The molecule has 35 heavy (non-hydrogen) atoms. The topological polar surface area (TPSA) is 115 Å². The van der Waals surface area contributed by atoms with Gasteiger partial charge in [0.1, 0.15) is 0 Å². The number of phenols is 2. The molecule has 6 nitrogen and oxygen atoms in total. The van der Waals surface area contributed by atoms with Crippen LogP contribution in [0, 0.1) is 27.6 Å². The third-order valence-corrected chi connectivity index (χ3v) is 11.5. The molecule has 4 aliphatic carbocycles. The van der Waals surface area contributed by atoms with Gasteiger partial charge < -0.3 is 20.4 Å². The van der Waals surface area contributed by atoms with E-state index in [4.69, 9.17) is 0 Å². The molecule has 4 aliphatic rings. The lowest BCUT2D eigenvalue weighted by Gasteiger charge is -2.70. The maximum absolute atomic E-state index is 12.3. The van der Waals surface area contributed by atoms with Crippen LogP contribution in [0.5, 0.6) is 11.5 Å². The number of rotatable bonds is 2. The molecule has 0 amide bonds. The van der Waals surface area contributed by atoms with E-state index in [-0.39, 0.29) is 33.5 Å². The predicted octanol–water partition coefficient (Wildman–Crippen LogP) is 5.64. The summed E-state index contributed by atoms with van der Waals surface area (Å²) in [5.41, 5.74) is 0.540. The Morgan fingerprint density at radius 3 is 2.29 bits per heavy atom. The van der Waals surface area contributed by atoms with Gasteiger partial charge in [-0.2, -0.15) is 0 Å². The zero-order valence-electron chi connectivity index (χ0n) is 21.4. The van der Waals surface area contributed by atoms with Crippen LogP contribution in [0.15, 0.2) is 17.7 Å². The summed E-state index contributed by atoms with van der Waals surface area (Å²) < 4.78 is 0. The number of aldehydes is 1. The number of carbonyl (C=O) groups is 2. The molecule has 4 N–H and O–H groups in total. The van der Waals surface area contributed by atoms with Crippen molar-refractivity contribution in [3.63, 3.8) is 0 Å². The normalized spacial score (nSPS) is 44.2. The second kappa shape index (κ2) is 7.12. The summed E-state index contributed by atoms with van der Waals surface area (Å²) in [6, 6.07) is 1.52. The summed E-state index contributed by atoms with van der Waals surface area (Å²) in [6.45, 7) is 11.0. The van der Waals surface area contributed by atoms with E-state index in [1.54, 1.807) is 0 Å². The molecule has 3 fully saturated rings. The average Bonchev–Trinajstić information content (AvgIpc) is 2.80. The fourth-order valence-corrected chi connectivity index (χ4v) is 8.85. The first-order valence-corrected chi connectivity index (χ1v) is 12.9. The average molecular weight is 483 g/mol. The van der Waals surface area contributed by atoms with Crippen LogP contribution >= 0.6 is 0 Å². The Hall–Kier alpha value is -2.34. The summed E-state index contributed by atoms with van der Waals surface area (Å²) in [7, 11) is 0. The van der Waals surface area contributed by atoms with Crippen molar-refractivity contribution in [2.75, 3.05) is 0 Å². The minimum absolute atomic E-state index is 0.0526. The highest BCUT2D eigenvalue weighted by Crippen LogP contribution is 2.75. The number of hydrogen-bond acceptors (Lipinski definition) is 5. The van der Waals surface area contributed by atoms with Crippen molar-refractivity contribution in [2.45, 2.75) is 91.1 Å². The number of carbonyl (C=O) groups excluding carboxylic acids is 1. The van der Waals surface area contributed by atoms with Crippen molar-refractivity contribution in [1.29, 1.82) is 0 Å². The van der Waals surface area contributed by atoms with Gasteiger partial charge in [-0.05, 0) is 85.7 Å². The summed E-state index contributed by atoms with van der Waals surface area (Å²) in [5.74, 6) is -1.33. The lowest BCUT2D eigenvalue weighted by atomic mass is 9.34. The van der Waals surface area contributed by atoms with Crippen LogP contribution in [0.1, 0.15) is 107 Å². The number of aromatic hydroxyl groups is 2. The van der Waals surface area contributed by atoms with Crippen LogP contribution in [0.3, 0.4) is 0 Å². The first-order chi connectivity index (χ1) is 16.2. The van der Waals surface area contributed by atoms with Gasteiger partial charge in [0.05, 0.1) is 17.1 Å². The summed E-state index contributed by atoms with van der Waals surface area (Å²) in [5, 5.41) is 42.1. The van der Waals surface area contributed by atoms with Crippen molar-refractivity contribution >= 4 is 12.3 Å². The Morgan fingerprint density at radius 2 is 1.66 bits per heavy atom. The molecule has 1 aromatic rings. The molecule has 5 rings (SSSR count). The maximum atomic E-state index is 12.3. The smallest absolute Gasteiger partial charge is 0.309 e. The van der Waals surface area contributed by atoms with Gasteiger partial charge in [-0.25, -0.2) is 0 Å². The highest BCUT2D eigenvalue weighted by Gasteiger charge is 2.67. The van der Waals surface area contributed by atoms with E-state index in [0.29, 0.717) is 30.3 Å². The minimum atomic E-state index is -1.07. The number of phenolic OH excluding ortho intramolecular Hbond substituents is 2. The summed E-state index contributed by atoms with van der Waals surface area (Å²) in [4.78, 5) is 24.1. The fraction of sp³-hybridized carbons (Fsp3) is 0.655. The van der Waals surface area contributed by atoms with E-state index in [9.17, 15) is 30.0 Å². The first kappa shape index (κ1) is 24.4. The molecule has 0 radical (unpaired) electrons. The molecular weight excluding hydrogens is 444 g/mol. The highest BCUT2D eigenvalue weighted by atomic mass is 16.4.